The van der Waals surface area contributed by atoms with Gasteiger partial charge in [-0.15, -0.1) is 35.3 Å². The second-order valence-electron chi connectivity index (χ2n) is 7.42. The molecule has 1 aliphatic heterocycles. The lowest BCUT2D eigenvalue weighted by atomic mass is 9.99. The van der Waals surface area contributed by atoms with E-state index >= 15 is 0 Å². The highest BCUT2D eigenvalue weighted by Gasteiger charge is 2.24. The third-order valence-electron chi connectivity index (χ3n) is 4.82. The molecular weight excluding hydrogens is 459 g/mol. The summed E-state index contributed by atoms with van der Waals surface area (Å²) in [7, 11) is 0. The molecule has 2 rings (SSSR count). The predicted octanol–water partition coefficient (Wildman–Crippen LogP) is 3.25. The van der Waals surface area contributed by atoms with Crippen molar-refractivity contribution in [2.45, 2.75) is 52.2 Å². The number of thiophene rings is 1. The number of hydrogen-bond donors (Lipinski definition) is 3. The van der Waals surface area contributed by atoms with E-state index < -0.39 is 5.60 Å². The minimum Gasteiger partial charge on any atom is -0.383 e. The van der Waals surface area contributed by atoms with Gasteiger partial charge in [-0.25, -0.2) is 4.99 Å². The van der Waals surface area contributed by atoms with Crippen LogP contribution in [0.15, 0.2) is 22.5 Å². The lowest BCUT2D eigenvalue weighted by molar-refractivity contribution is 0.0711. The Bertz CT molecular complexity index is 536. The highest BCUT2D eigenvalue weighted by Crippen LogP contribution is 2.25. The summed E-state index contributed by atoms with van der Waals surface area (Å²) in [6, 6.07) is 4.40. The normalized spacial score (nSPS) is 22.2. The van der Waals surface area contributed by atoms with Crippen molar-refractivity contribution in [2.24, 2.45) is 10.9 Å². The van der Waals surface area contributed by atoms with Gasteiger partial charge in [-0.2, -0.15) is 0 Å². The molecule has 150 valence electrons. The lowest BCUT2D eigenvalue weighted by Gasteiger charge is -2.35. The zero-order chi connectivity index (χ0) is 18.3. The summed E-state index contributed by atoms with van der Waals surface area (Å²) >= 11 is 1.57. The molecule has 3 atom stereocenters. The predicted molar refractivity (Wildman–Crippen MR) is 123 cm³/mol. The number of aliphatic hydroxyl groups is 1. The third-order valence-corrected chi connectivity index (χ3v) is 5.94. The van der Waals surface area contributed by atoms with Crippen molar-refractivity contribution in [3.63, 3.8) is 0 Å². The van der Waals surface area contributed by atoms with Gasteiger partial charge in [0.1, 0.15) is 5.60 Å². The first kappa shape index (κ1) is 23.7. The smallest absolute Gasteiger partial charge is 0.191 e. The van der Waals surface area contributed by atoms with E-state index in [1.54, 1.807) is 11.3 Å². The first-order valence-electron chi connectivity index (χ1n) is 9.45. The van der Waals surface area contributed by atoms with Crippen molar-refractivity contribution in [3.05, 3.63) is 22.4 Å². The van der Waals surface area contributed by atoms with Gasteiger partial charge in [-0.05, 0) is 57.5 Å². The summed E-state index contributed by atoms with van der Waals surface area (Å²) in [5.41, 5.74) is -0.926. The molecule has 5 nitrogen and oxygen atoms in total. The van der Waals surface area contributed by atoms with Gasteiger partial charge in [0.05, 0.1) is 6.54 Å². The standard InChI is InChI=1S/C19H34N4OS.HI/c1-5-20-18(22-14-19(4,24)17-9-7-11-25-17)21-12-16(3)23-10-6-8-15(2)13-23;/h7,9,11,15-16,24H,5-6,8,10,12-14H2,1-4H3,(H2,20,21,22);1H. The Kier molecular flexibility index (Phi) is 10.4. The van der Waals surface area contributed by atoms with E-state index in [1.165, 1.54) is 25.9 Å². The molecule has 0 amide bonds. The molecule has 2 heterocycles. The minimum atomic E-state index is -0.926. The number of nitrogens with one attached hydrogen (secondary N) is 2. The molecule has 3 N–H and O–H groups in total. The summed E-state index contributed by atoms with van der Waals surface area (Å²) in [4.78, 5) is 8.11. The van der Waals surface area contributed by atoms with Crippen molar-refractivity contribution in [2.75, 3.05) is 32.7 Å². The molecule has 26 heavy (non-hydrogen) atoms. The summed E-state index contributed by atoms with van der Waals surface area (Å²) in [5, 5.41) is 19.3. The van der Waals surface area contributed by atoms with Crippen LogP contribution in [0.25, 0.3) is 0 Å². The second kappa shape index (κ2) is 11.5. The number of halogens is 1. The largest absolute Gasteiger partial charge is 0.383 e. The fourth-order valence-electron chi connectivity index (χ4n) is 3.24. The first-order valence-corrected chi connectivity index (χ1v) is 10.3. The minimum absolute atomic E-state index is 0. The van der Waals surface area contributed by atoms with Gasteiger partial charge < -0.3 is 15.7 Å². The number of rotatable bonds is 7. The number of likely N-dealkylation sites (tertiary alicyclic amines) is 1. The van der Waals surface area contributed by atoms with Crippen molar-refractivity contribution in [1.82, 2.24) is 15.5 Å². The van der Waals surface area contributed by atoms with Crippen LogP contribution in [-0.2, 0) is 5.60 Å². The van der Waals surface area contributed by atoms with E-state index in [9.17, 15) is 5.11 Å². The molecule has 1 aromatic rings. The Morgan fingerprint density at radius 2 is 2.27 bits per heavy atom. The topological polar surface area (TPSA) is 59.9 Å². The maximum Gasteiger partial charge on any atom is 0.191 e. The molecule has 3 unspecified atom stereocenters. The molecule has 0 saturated carbocycles. The van der Waals surface area contributed by atoms with Crippen LogP contribution in [0.2, 0.25) is 0 Å². The van der Waals surface area contributed by atoms with Gasteiger partial charge in [-0.3, -0.25) is 4.90 Å². The highest BCUT2D eigenvalue weighted by atomic mass is 127. The molecule has 7 heteroatoms. The van der Waals surface area contributed by atoms with Gasteiger partial charge in [0.25, 0.3) is 0 Å². The third kappa shape index (κ3) is 7.32. The lowest BCUT2D eigenvalue weighted by Crippen LogP contribution is -2.48. The summed E-state index contributed by atoms with van der Waals surface area (Å²) in [5.74, 6) is 1.57. The molecule has 0 bridgehead atoms. The van der Waals surface area contributed by atoms with Gasteiger partial charge in [-0.1, -0.05) is 13.0 Å². The Balaban J connectivity index is 0.00000338. The molecule has 0 aromatic carbocycles. The van der Waals surface area contributed by atoms with E-state index in [4.69, 9.17) is 0 Å². The molecular formula is C19H35IN4OS. The van der Waals surface area contributed by atoms with Crippen LogP contribution in [0.3, 0.4) is 0 Å². The van der Waals surface area contributed by atoms with Crippen LogP contribution in [0.4, 0.5) is 0 Å². The Morgan fingerprint density at radius 3 is 2.88 bits per heavy atom. The van der Waals surface area contributed by atoms with E-state index in [0.717, 1.165) is 29.8 Å². The average Bonchev–Trinajstić information content (AvgIpc) is 3.12. The molecule has 0 radical (unpaired) electrons. The van der Waals surface area contributed by atoms with E-state index in [2.05, 4.69) is 41.3 Å². The van der Waals surface area contributed by atoms with Crippen molar-refractivity contribution >= 4 is 41.3 Å². The Morgan fingerprint density at radius 1 is 1.50 bits per heavy atom. The molecule has 1 aliphatic rings. The van der Waals surface area contributed by atoms with E-state index in [-0.39, 0.29) is 24.0 Å². The summed E-state index contributed by atoms with van der Waals surface area (Å²) < 4.78 is 0. The fourth-order valence-corrected chi connectivity index (χ4v) is 4.02. The van der Waals surface area contributed by atoms with Crippen molar-refractivity contribution in [1.29, 1.82) is 0 Å². The maximum atomic E-state index is 10.6. The van der Waals surface area contributed by atoms with Crippen LogP contribution in [-0.4, -0.2) is 54.7 Å². The second-order valence-corrected chi connectivity index (χ2v) is 8.37. The molecule has 1 fully saturated rings. The molecule has 1 saturated heterocycles. The summed E-state index contributed by atoms with van der Waals surface area (Å²) in [6.45, 7) is 12.9. The zero-order valence-corrected chi connectivity index (χ0v) is 19.6. The Hall–Kier alpha value is -0.380. The van der Waals surface area contributed by atoms with Gasteiger partial charge in [0.15, 0.2) is 5.96 Å². The highest BCUT2D eigenvalue weighted by molar-refractivity contribution is 14.0. The van der Waals surface area contributed by atoms with Crippen molar-refractivity contribution in [3.8, 4) is 0 Å². The van der Waals surface area contributed by atoms with E-state index in [0.29, 0.717) is 12.6 Å². The van der Waals surface area contributed by atoms with Gasteiger partial charge in [0, 0.05) is 30.6 Å². The van der Waals surface area contributed by atoms with Gasteiger partial charge >= 0.3 is 0 Å². The summed E-state index contributed by atoms with van der Waals surface area (Å²) in [6.07, 6.45) is 2.64. The van der Waals surface area contributed by atoms with Gasteiger partial charge in [0.2, 0.25) is 0 Å². The average molecular weight is 494 g/mol. The fraction of sp³-hybridized carbons (Fsp3) is 0.737. The first-order chi connectivity index (χ1) is 11.9. The maximum absolute atomic E-state index is 10.6. The van der Waals surface area contributed by atoms with E-state index in [1.807, 2.05) is 24.4 Å². The zero-order valence-electron chi connectivity index (χ0n) is 16.5. The SMILES string of the molecule is CCNC(=NCC(C)(O)c1cccs1)NCC(C)N1CCCC(C)C1.I. The van der Waals surface area contributed by atoms with Crippen molar-refractivity contribution < 1.29 is 5.11 Å². The molecule has 0 aliphatic carbocycles. The number of piperidine rings is 1. The van der Waals surface area contributed by atoms with Crippen LogP contribution < -0.4 is 10.6 Å². The van der Waals surface area contributed by atoms with Crippen LogP contribution >= 0.6 is 35.3 Å². The number of aliphatic imine (C=N–C) groups is 1. The van der Waals surface area contributed by atoms with Crippen LogP contribution in [0.1, 0.15) is 45.4 Å². The Labute approximate surface area is 179 Å². The van der Waals surface area contributed by atoms with Crippen LogP contribution in [0, 0.1) is 5.92 Å². The molecule has 1 aromatic heterocycles. The number of nitrogens with zero attached hydrogens (tertiary/aromatic N) is 2. The molecule has 0 spiro atoms. The number of hydrogen-bond acceptors (Lipinski definition) is 4. The quantitative estimate of drug-likeness (QED) is 0.310. The number of guanidine groups is 1. The van der Waals surface area contributed by atoms with Crippen LogP contribution in [0.5, 0.6) is 0 Å². The monoisotopic (exact) mass is 494 g/mol.